The van der Waals surface area contributed by atoms with Gasteiger partial charge in [-0.15, -0.1) is 10.2 Å². The number of amides is 1. The van der Waals surface area contributed by atoms with Crippen molar-refractivity contribution in [1.29, 1.82) is 0 Å². The van der Waals surface area contributed by atoms with E-state index < -0.39 is 5.25 Å². The third-order valence-corrected chi connectivity index (χ3v) is 6.80. The Labute approximate surface area is 197 Å². The highest BCUT2D eigenvalue weighted by molar-refractivity contribution is 8.00. The summed E-state index contributed by atoms with van der Waals surface area (Å²) in [4.78, 5) is 26.1. The molecule has 1 amide bonds. The first-order chi connectivity index (χ1) is 15.9. The Morgan fingerprint density at radius 1 is 1.12 bits per heavy atom. The first kappa shape index (κ1) is 23.0. The van der Waals surface area contributed by atoms with E-state index in [1.165, 1.54) is 11.8 Å². The second-order valence-electron chi connectivity index (χ2n) is 8.37. The van der Waals surface area contributed by atoms with Crippen molar-refractivity contribution in [1.82, 2.24) is 19.2 Å². The van der Waals surface area contributed by atoms with Gasteiger partial charge in [-0.1, -0.05) is 61.4 Å². The Hall–Kier alpha value is -3.13. The normalized spacial score (nSPS) is 12.4. The van der Waals surface area contributed by atoms with E-state index in [1.54, 1.807) is 4.57 Å². The molecule has 33 heavy (non-hydrogen) atoms. The van der Waals surface area contributed by atoms with Gasteiger partial charge in [0.1, 0.15) is 0 Å². The maximum absolute atomic E-state index is 13.1. The number of nitrogens with zero attached hydrogens (tertiary/aromatic N) is 4. The molecule has 0 spiro atoms. The van der Waals surface area contributed by atoms with E-state index in [9.17, 15) is 9.59 Å². The third-order valence-electron chi connectivity index (χ3n) is 5.75. The number of hydrogen-bond acceptors (Lipinski definition) is 5. The standard InChI is InChI=1S/C25H29N5O2S/c1-5-6-9-14-29-23(32)19-10-7-8-11-21(19)30-24(29)27-28-25(30)33-18(4)22(31)26-20-13-12-16(2)15-17(20)3/h7-8,10-13,15,18H,5-6,9,14H2,1-4H3,(H,26,31). The van der Waals surface area contributed by atoms with Crippen LogP contribution in [0.5, 0.6) is 0 Å². The number of aromatic nitrogens is 4. The van der Waals surface area contributed by atoms with Crippen LogP contribution in [-0.4, -0.2) is 30.3 Å². The largest absolute Gasteiger partial charge is 0.325 e. The van der Waals surface area contributed by atoms with E-state index >= 15 is 0 Å². The molecule has 0 aliphatic carbocycles. The van der Waals surface area contributed by atoms with Crippen LogP contribution < -0.4 is 10.9 Å². The maximum Gasteiger partial charge on any atom is 0.262 e. The molecular weight excluding hydrogens is 434 g/mol. The fourth-order valence-electron chi connectivity index (χ4n) is 3.93. The van der Waals surface area contributed by atoms with Gasteiger partial charge in [0.05, 0.1) is 16.2 Å². The van der Waals surface area contributed by atoms with E-state index in [1.807, 2.05) is 67.6 Å². The third kappa shape index (κ3) is 4.66. The second kappa shape index (κ2) is 9.79. The zero-order valence-electron chi connectivity index (χ0n) is 19.5. The fraction of sp³-hybridized carbons (Fsp3) is 0.360. The number of thioether (sulfide) groups is 1. The fourth-order valence-corrected chi connectivity index (χ4v) is 4.79. The molecule has 7 nitrogen and oxygen atoms in total. The molecule has 1 N–H and O–H groups in total. The van der Waals surface area contributed by atoms with E-state index in [2.05, 4.69) is 22.4 Å². The van der Waals surface area contributed by atoms with Crippen LogP contribution in [0.3, 0.4) is 0 Å². The molecule has 1 atom stereocenters. The minimum absolute atomic E-state index is 0.0567. The Morgan fingerprint density at radius 2 is 1.91 bits per heavy atom. The van der Waals surface area contributed by atoms with Gasteiger partial charge in [0.2, 0.25) is 11.7 Å². The predicted octanol–water partition coefficient (Wildman–Crippen LogP) is 4.97. The number of unbranched alkanes of at least 4 members (excludes halogenated alkanes) is 2. The molecule has 2 heterocycles. The Kier molecular flexibility index (Phi) is 6.83. The number of anilines is 1. The topological polar surface area (TPSA) is 81.3 Å². The number of aryl methyl sites for hydroxylation is 3. The number of para-hydroxylation sites is 1. The summed E-state index contributed by atoms with van der Waals surface area (Å²) in [5, 5.41) is 12.5. The summed E-state index contributed by atoms with van der Waals surface area (Å²) in [6.45, 7) is 8.59. The molecular formula is C25H29N5O2S. The highest BCUT2D eigenvalue weighted by Gasteiger charge is 2.22. The van der Waals surface area contributed by atoms with Crippen LogP contribution >= 0.6 is 11.8 Å². The SMILES string of the molecule is CCCCCn1c(=O)c2ccccc2n2c(SC(C)C(=O)Nc3ccc(C)cc3C)nnc12. The number of hydrogen-bond donors (Lipinski definition) is 1. The van der Waals surface area contributed by atoms with Crippen molar-refractivity contribution < 1.29 is 4.79 Å². The highest BCUT2D eigenvalue weighted by Crippen LogP contribution is 2.26. The van der Waals surface area contributed by atoms with Crippen LogP contribution in [0.1, 0.15) is 44.2 Å². The van der Waals surface area contributed by atoms with Gasteiger partial charge < -0.3 is 5.32 Å². The van der Waals surface area contributed by atoms with Crippen LogP contribution in [0.2, 0.25) is 0 Å². The molecule has 0 fully saturated rings. The van der Waals surface area contributed by atoms with Gasteiger partial charge in [-0.3, -0.25) is 18.6 Å². The summed E-state index contributed by atoms with van der Waals surface area (Å²) in [6.07, 6.45) is 3.00. The Balaban J connectivity index is 1.68. The average molecular weight is 464 g/mol. The molecule has 2 aromatic carbocycles. The first-order valence-corrected chi connectivity index (χ1v) is 12.2. The minimum atomic E-state index is -0.405. The second-order valence-corrected chi connectivity index (χ2v) is 9.67. The molecule has 0 radical (unpaired) electrons. The van der Waals surface area contributed by atoms with Gasteiger partial charge in [0.25, 0.3) is 5.56 Å². The maximum atomic E-state index is 13.1. The summed E-state index contributed by atoms with van der Waals surface area (Å²) in [7, 11) is 0. The van der Waals surface area contributed by atoms with Crippen molar-refractivity contribution in [2.24, 2.45) is 0 Å². The Morgan fingerprint density at radius 3 is 2.67 bits per heavy atom. The first-order valence-electron chi connectivity index (χ1n) is 11.3. The summed E-state index contributed by atoms with van der Waals surface area (Å²) < 4.78 is 3.60. The highest BCUT2D eigenvalue weighted by atomic mass is 32.2. The molecule has 0 bridgehead atoms. The Bertz CT molecular complexity index is 1370. The zero-order chi connectivity index (χ0) is 23.5. The van der Waals surface area contributed by atoms with Gasteiger partial charge in [-0.05, 0) is 51.0 Å². The van der Waals surface area contributed by atoms with Crippen molar-refractivity contribution in [2.75, 3.05) is 5.32 Å². The van der Waals surface area contributed by atoms with E-state index in [0.29, 0.717) is 22.9 Å². The number of carbonyl (C=O) groups excluding carboxylic acids is 1. The van der Waals surface area contributed by atoms with Crippen molar-refractivity contribution in [3.63, 3.8) is 0 Å². The van der Waals surface area contributed by atoms with Crippen LogP contribution in [0, 0.1) is 13.8 Å². The zero-order valence-corrected chi connectivity index (χ0v) is 20.3. The van der Waals surface area contributed by atoms with Gasteiger partial charge >= 0.3 is 0 Å². The van der Waals surface area contributed by atoms with Crippen molar-refractivity contribution in [2.45, 2.75) is 63.9 Å². The lowest BCUT2D eigenvalue weighted by molar-refractivity contribution is -0.115. The molecule has 0 aliphatic heterocycles. The molecule has 4 rings (SSSR count). The average Bonchev–Trinajstić information content (AvgIpc) is 3.21. The lowest BCUT2D eigenvalue weighted by Gasteiger charge is -2.14. The van der Waals surface area contributed by atoms with Gasteiger partial charge in [0.15, 0.2) is 5.16 Å². The van der Waals surface area contributed by atoms with Crippen LogP contribution in [0.4, 0.5) is 5.69 Å². The van der Waals surface area contributed by atoms with Crippen LogP contribution in [0.15, 0.2) is 52.4 Å². The monoisotopic (exact) mass is 463 g/mol. The molecule has 0 aliphatic rings. The molecule has 1 unspecified atom stereocenters. The number of carbonyl (C=O) groups is 1. The van der Waals surface area contributed by atoms with Crippen molar-refractivity contribution in [3.8, 4) is 0 Å². The summed E-state index contributed by atoms with van der Waals surface area (Å²) in [6, 6.07) is 13.4. The van der Waals surface area contributed by atoms with E-state index in [0.717, 1.165) is 41.6 Å². The van der Waals surface area contributed by atoms with Crippen LogP contribution in [-0.2, 0) is 11.3 Å². The van der Waals surface area contributed by atoms with Gasteiger partial charge in [-0.25, -0.2) is 0 Å². The van der Waals surface area contributed by atoms with Crippen LogP contribution in [0.25, 0.3) is 16.7 Å². The number of rotatable bonds is 8. The quantitative estimate of drug-likeness (QED) is 0.295. The summed E-state index contributed by atoms with van der Waals surface area (Å²) in [5.41, 5.74) is 3.67. The predicted molar refractivity (Wildman–Crippen MR) is 134 cm³/mol. The molecule has 0 saturated heterocycles. The molecule has 8 heteroatoms. The molecule has 0 saturated carbocycles. The number of benzene rings is 2. The lowest BCUT2D eigenvalue weighted by atomic mass is 10.1. The minimum Gasteiger partial charge on any atom is -0.325 e. The molecule has 4 aromatic rings. The van der Waals surface area contributed by atoms with E-state index in [4.69, 9.17) is 0 Å². The smallest absolute Gasteiger partial charge is 0.262 e. The van der Waals surface area contributed by atoms with Gasteiger partial charge in [-0.2, -0.15) is 0 Å². The summed E-state index contributed by atoms with van der Waals surface area (Å²) in [5.74, 6) is 0.406. The molecule has 172 valence electrons. The number of nitrogens with one attached hydrogen (secondary N) is 1. The lowest BCUT2D eigenvalue weighted by Crippen LogP contribution is -2.24. The van der Waals surface area contributed by atoms with Crippen molar-refractivity contribution >= 4 is 40.0 Å². The van der Waals surface area contributed by atoms with Gasteiger partial charge in [0, 0.05) is 12.2 Å². The number of fused-ring (bicyclic) bond motifs is 3. The van der Waals surface area contributed by atoms with E-state index in [-0.39, 0.29) is 11.5 Å². The summed E-state index contributed by atoms with van der Waals surface area (Å²) >= 11 is 1.34. The van der Waals surface area contributed by atoms with Crippen molar-refractivity contribution in [3.05, 3.63) is 63.9 Å². The molecule has 2 aromatic heterocycles.